The molecule has 0 spiro atoms. The van der Waals surface area contributed by atoms with Crippen LogP contribution in [0.4, 0.5) is 0 Å². The molecule has 0 bridgehead atoms. The topological polar surface area (TPSA) is 61.8 Å². The van der Waals surface area contributed by atoms with Crippen LogP contribution >= 0.6 is 0 Å². The fourth-order valence-corrected chi connectivity index (χ4v) is 2.35. The third-order valence-electron chi connectivity index (χ3n) is 3.30. The van der Waals surface area contributed by atoms with E-state index in [0.29, 0.717) is 29.6 Å². The van der Waals surface area contributed by atoms with Crippen molar-refractivity contribution in [3.05, 3.63) is 25.3 Å². The highest BCUT2D eigenvalue weighted by Crippen LogP contribution is 2.20. The SMILES string of the molecule is C=CC(=O)OCCCC(CCCOC(=O)C=C)C(C)O[SiH3]. The van der Waals surface area contributed by atoms with Crippen LogP contribution < -0.4 is 0 Å². The zero-order valence-corrected chi connectivity index (χ0v) is 15.0. The van der Waals surface area contributed by atoms with Gasteiger partial charge in [-0.1, -0.05) is 13.2 Å². The summed E-state index contributed by atoms with van der Waals surface area (Å²) in [5.41, 5.74) is 0. The van der Waals surface area contributed by atoms with Gasteiger partial charge in [-0.15, -0.1) is 0 Å². The highest BCUT2D eigenvalue weighted by Gasteiger charge is 2.16. The van der Waals surface area contributed by atoms with Gasteiger partial charge in [0.15, 0.2) is 0 Å². The first kappa shape index (κ1) is 19.6. The molecule has 0 fully saturated rings. The van der Waals surface area contributed by atoms with Crippen molar-refractivity contribution in [2.24, 2.45) is 5.92 Å². The van der Waals surface area contributed by atoms with Crippen molar-refractivity contribution in [3.8, 4) is 0 Å². The Labute approximate surface area is 129 Å². The van der Waals surface area contributed by atoms with E-state index >= 15 is 0 Å². The van der Waals surface area contributed by atoms with Crippen LogP contribution in [-0.2, 0) is 23.5 Å². The number of carbonyl (C=O) groups is 2. The zero-order valence-electron chi connectivity index (χ0n) is 13.0. The van der Waals surface area contributed by atoms with Gasteiger partial charge in [0.25, 0.3) is 0 Å². The number of hydrogen-bond donors (Lipinski definition) is 0. The Morgan fingerprint density at radius 3 is 1.81 bits per heavy atom. The van der Waals surface area contributed by atoms with Crippen molar-refractivity contribution in [2.75, 3.05) is 13.2 Å². The van der Waals surface area contributed by atoms with E-state index in [1.54, 1.807) is 0 Å². The van der Waals surface area contributed by atoms with Crippen LogP contribution in [0.3, 0.4) is 0 Å². The molecule has 0 amide bonds. The summed E-state index contributed by atoms with van der Waals surface area (Å²) in [6.45, 7) is 9.52. The molecule has 120 valence electrons. The monoisotopic (exact) mass is 314 g/mol. The third-order valence-corrected chi connectivity index (χ3v) is 4.04. The van der Waals surface area contributed by atoms with Crippen molar-refractivity contribution in [2.45, 2.75) is 38.7 Å². The summed E-state index contributed by atoms with van der Waals surface area (Å²) in [4.78, 5) is 21.9. The molecule has 0 aliphatic carbocycles. The Kier molecular flexibility index (Phi) is 11.5. The first-order chi connectivity index (χ1) is 10.0. The summed E-state index contributed by atoms with van der Waals surface area (Å²) < 4.78 is 15.4. The molecule has 1 unspecified atom stereocenters. The van der Waals surface area contributed by atoms with Gasteiger partial charge in [0, 0.05) is 18.3 Å². The van der Waals surface area contributed by atoms with Crippen LogP contribution in [0.2, 0.25) is 0 Å². The van der Waals surface area contributed by atoms with Crippen LogP contribution in [-0.4, -0.2) is 41.7 Å². The van der Waals surface area contributed by atoms with E-state index in [1.807, 2.05) is 6.92 Å². The summed E-state index contributed by atoms with van der Waals surface area (Å²) in [6.07, 6.45) is 5.87. The van der Waals surface area contributed by atoms with Crippen molar-refractivity contribution in [3.63, 3.8) is 0 Å². The van der Waals surface area contributed by atoms with Gasteiger partial charge in [-0.2, -0.15) is 0 Å². The van der Waals surface area contributed by atoms with Gasteiger partial charge in [0.2, 0.25) is 0 Å². The van der Waals surface area contributed by atoms with Gasteiger partial charge in [0.1, 0.15) is 10.5 Å². The van der Waals surface area contributed by atoms with E-state index in [-0.39, 0.29) is 6.10 Å². The van der Waals surface area contributed by atoms with Crippen molar-refractivity contribution < 1.29 is 23.5 Å². The minimum atomic E-state index is -0.393. The Balaban J connectivity index is 3.97. The lowest BCUT2D eigenvalue weighted by Gasteiger charge is -2.23. The Morgan fingerprint density at radius 2 is 1.48 bits per heavy atom. The molecule has 6 heteroatoms. The second-order valence-electron chi connectivity index (χ2n) is 4.73. The number of carbonyl (C=O) groups excluding carboxylic acids is 2. The fourth-order valence-electron chi connectivity index (χ4n) is 1.96. The quantitative estimate of drug-likeness (QED) is 0.235. The molecule has 0 aliphatic rings. The molecule has 0 radical (unpaired) electrons. The van der Waals surface area contributed by atoms with Gasteiger partial charge >= 0.3 is 11.9 Å². The maximum Gasteiger partial charge on any atom is 0.330 e. The maximum atomic E-state index is 10.9. The van der Waals surface area contributed by atoms with E-state index in [0.717, 1.165) is 37.8 Å². The predicted molar refractivity (Wildman–Crippen MR) is 84.8 cm³/mol. The lowest BCUT2D eigenvalue weighted by Crippen LogP contribution is -2.21. The molecule has 0 rings (SSSR count). The van der Waals surface area contributed by atoms with Crippen LogP contribution in [0.25, 0.3) is 0 Å². The Bertz CT molecular complexity index is 315. The van der Waals surface area contributed by atoms with Crippen molar-refractivity contribution >= 4 is 22.4 Å². The summed E-state index contributed by atoms with van der Waals surface area (Å²) in [5.74, 6) is -0.419. The number of rotatable bonds is 12. The van der Waals surface area contributed by atoms with Gasteiger partial charge in [-0.3, -0.25) is 0 Å². The standard InChI is InChI=1S/C15H26O5Si/c1-4-14(16)18-10-6-8-13(12(3)20-21)9-7-11-19-15(17)5-2/h4-5,12-13H,1-2,6-11H2,3,21H3. The van der Waals surface area contributed by atoms with E-state index in [1.165, 1.54) is 0 Å². The molecule has 0 N–H and O–H groups in total. The van der Waals surface area contributed by atoms with Gasteiger partial charge < -0.3 is 13.9 Å². The number of esters is 2. The first-order valence-electron chi connectivity index (χ1n) is 7.16. The zero-order chi connectivity index (χ0) is 16.1. The molecule has 21 heavy (non-hydrogen) atoms. The minimum absolute atomic E-state index is 0.168. The second kappa shape index (κ2) is 12.3. The summed E-state index contributed by atoms with van der Waals surface area (Å²) >= 11 is 0. The molecule has 0 aromatic heterocycles. The van der Waals surface area contributed by atoms with Crippen LogP contribution in [0.15, 0.2) is 25.3 Å². The second-order valence-corrected chi connectivity index (χ2v) is 5.20. The number of ether oxygens (including phenoxy) is 2. The van der Waals surface area contributed by atoms with Crippen LogP contribution in [0.5, 0.6) is 0 Å². The molecule has 0 saturated carbocycles. The first-order valence-corrected chi connectivity index (χ1v) is 7.98. The summed E-state index contributed by atoms with van der Waals surface area (Å²) in [6, 6.07) is 0. The smallest absolute Gasteiger partial charge is 0.330 e. The van der Waals surface area contributed by atoms with E-state index in [4.69, 9.17) is 13.9 Å². The highest BCUT2D eigenvalue weighted by molar-refractivity contribution is 5.98. The molecule has 0 heterocycles. The Hall–Kier alpha value is -1.40. The molecule has 0 aromatic rings. The molecule has 1 atom stereocenters. The van der Waals surface area contributed by atoms with E-state index < -0.39 is 11.9 Å². The molecule has 0 aliphatic heterocycles. The predicted octanol–water partition coefficient (Wildman–Crippen LogP) is 1.31. The van der Waals surface area contributed by atoms with Crippen LogP contribution in [0.1, 0.15) is 32.6 Å². The lowest BCUT2D eigenvalue weighted by molar-refractivity contribution is -0.138. The Morgan fingerprint density at radius 1 is 1.05 bits per heavy atom. The third kappa shape index (κ3) is 10.0. The largest absolute Gasteiger partial charge is 0.463 e. The summed E-state index contributed by atoms with van der Waals surface area (Å²) in [5, 5.41) is 0. The molecule has 0 aromatic carbocycles. The minimum Gasteiger partial charge on any atom is -0.463 e. The van der Waals surface area contributed by atoms with Gasteiger partial charge in [0.05, 0.1) is 13.2 Å². The lowest BCUT2D eigenvalue weighted by atomic mass is 9.93. The number of hydrogen-bond acceptors (Lipinski definition) is 5. The van der Waals surface area contributed by atoms with Crippen molar-refractivity contribution in [1.29, 1.82) is 0 Å². The van der Waals surface area contributed by atoms with Crippen LogP contribution in [0, 0.1) is 5.92 Å². The molecule has 0 saturated heterocycles. The molecule has 5 nitrogen and oxygen atoms in total. The summed E-state index contributed by atoms with van der Waals surface area (Å²) in [7, 11) is 0.688. The molecular formula is C15H26O5Si. The molecular weight excluding hydrogens is 288 g/mol. The maximum absolute atomic E-state index is 10.9. The average Bonchev–Trinajstić information content (AvgIpc) is 2.51. The normalized spacial score (nSPS) is 11.9. The van der Waals surface area contributed by atoms with Gasteiger partial charge in [-0.25, -0.2) is 9.59 Å². The van der Waals surface area contributed by atoms with Crippen molar-refractivity contribution in [1.82, 2.24) is 0 Å². The van der Waals surface area contributed by atoms with Gasteiger partial charge in [-0.05, 0) is 38.5 Å². The highest BCUT2D eigenvalue weighted by atomic mass is 28.2. The van der Waals surface area contributed by atoms with E-state index in [9.17, 15) is 9.59 Å². The van der Waals surface area contributed by atoms with E-state index in [2.05, 4.69) is 13.2 Å². The average molecular weight is 314 g/mol. The fraction of sp³-hybridized carbons (Fsp3) is 0.600.